The minimum atomic E-state index is -0.834. The molecule has 1 aliphatic rings. The number of fused-ring (bicyclic) bond motifs is 2. The Morgan fingerprint density at radius 1 is 0.860 bits per heavy atom. The zero-order valence-corrected chi connectivity index (χ0v) is 23.0. The highest BCUT2D eigenvalue weighted by molar-refractivity contribution is 6.31. The fraction of sp³-hybridized carbons (Fsp3) is 0.152. The molecule has 0 radical (unpaired) electrons. The number of imide groups is 2. The molecule has 0 unspecified atom stereocenters. The third kappa shape index (κ3) is 5.76. The molecule has 10 nitrogen and oxygen atoms in total. The number of phenols is 1. The van der Waals surface area contributed by atoms with Crippen molar-refractivity contribution in [1.29, 1.82) is 0 Å². The van der Waals surface area contributed by atoms with Gasteiger partial charge in [-0.2, -0.15) is 0 Å². The lowest BCUT2D eigenvalue weighted by Gasteiger charge is -2.13. The first-order chi connectivity index (χ1) is 20.9. The van der Waals surface area contributed by atoms with Crippen LogP contribution in [-0.4, -0.2) is 34.1 Å². The van der Waals surface area contributed by atoms with Gasteiger partial charge in [-0.25, -0.2) is 4.79 Å². The molecule has 2 aromatic heterocycles. The summed E-state index contributed by atoms with van der Waals surface area (Å²) in [4.78, 5) is 48.4. The number of aryl methyl sites for hydroxylation is 1. The molecule has 0 spiro atoms. The van der Waals surface area contributed by atoms with Crippen LogP contribution in [0.1, 0.15) is 24.8 Å². The number of ether oxygens (including phenoxy) is 1. The van der Waals surface area contributed by atoms with Gasteiger partial charge < -0.3 is 18.8 Å². The van der Waals surface area contributed by atoms with E-state index in [1.54, 1.807) is 6.07 Å². The van der Waals surface area contributed by atoms with Crippen molar-refractivity contribution in [1.82, 2.24) is 15.2 Å². The molecule has 216 valence electrons. The van der Waals surface area contributed by atoms with E-state index in [1.807, 2.05) is 60.8 Å². The second-order valence-corrected chi connectivity index (χ2v) is 10.2. The molecule has 0 saturated carbocycles. The number of barbiturate groups is 1. The molecule has 4 amide bonds. The molecular formula is C33H27N3O7. The van der Waals surface area contributed by atoms with Crippen LogP contribution < -0.4 is 20.8 Å². The highest BCUT2D eigenvalue weighted by atomic mass is 16.5. The van der Waals surface area contributed by atoms with E-state index in [0.29, 0.717) is 30.2 Å². The van der Waals surface area contributed by atoms with Gasteiger partial charge in [0.05, 0.1) is 6.61 Å². The topological polar surface area (TPSA) is 140 Å². The number of hydrogen-bond donors (Lipinski definition) is 3. The Morgan fingerprint density at radius 3 is 2.40 bits per heavy atom. The maximum Gasteiger partial charge on any atom is 0.328 e. The minimum absolute atomic E-state index is 0.110. The number of urea groups is 1. The third-order valence-electron chi connectivity index (χ3n) is 7.22. The van der Waals surface area contributed by atoms with Crippen molar-refractivity contribution in [3.05, 3.63) is 100 Å². The van der Waals surface area contributed by atoms with Gasteiger partial charge >= 0.3 is 6.03 Å². The SMILES string of the molecule is O=C1NC(=O)C(=Cc2cn(CCCCCOc3cc(O)c4c(=O)cc(-c5ccccc5)oc4c3)c3ccccc23)C(=O)N1. The molecule has 3 heterocycles. The standard InChI is InChI=1S/C33H27N3O7/c37-26-16-22(17-29-30(26)27(38)18-28(43-29)20-9-3-1-4-10-20)42-14-8-2-7-13-36-19-21(23-11-5-6-12-25(23)36)15-24-31(39)34-33(41)35-32(24)40/h1,3-6,9-12,15-19,37H,2,7-8,13-14H2,(H2,34,35,39,40,41). The first-order valence-electron chi connectivity index (χ1n) is 13.8. The molecule has 5 aromatic rings. The number of amides is 4. The first-order valence-corrected chi connectivity index (χ1v) is 13.8. The summed E-state index contributed by atoms with van der Waals surface area (Å²) in [6.07, 6.45) is 5.82. The van der Waals surface area contributed by atoms with Gasteiger partial charge in [0, 0.05) is 53.0 Å². The number of hydrogen-bond acceptors (Lipinski definition) is 7. The van der Waals surface area contributed by atoms with Crippen LogP contribution >= 0.6 is 0 Å². The van der Waals surface area contributed by atoms with Gasteiger partial charge in [-0.3, -0.25) is 25.0 Å². The van der Waals surface area contributed by atoms with Crippen molar-refractivity contribution in [2.75, 3.05) is 6.61 Å². The normalized spacial score (nSPS) is 13.3. The maximum absolute atomic E-state index is 12.7. The van der Waals surface area contributed by atoms with Crippen LogP contribution in [0.15, 0.2) is 93.8 Å². The monoisotopic (exact) mass is 577 g/mol. The van der Waals surface area contributed by atoms with Gasteiger partial charge in [0.1, 0.15) is 33.8 Å². The average Bonchev–Trinajstić information content (AvgIpc) is 3.34. The Hall–Kier alpha value is -5.64. The van der Waals surface area contributed by atoms with Crippen LogP contribution in [0.3, 0.4) is 0 Å². The van der Waals surface area contributed by atoms with E-state index >= 15 is 0 Å². The number of nitrogens with zero attached hydrogens (tertiary/aromatic N) is 1. The fourth-order valence-corrected chi connectivity index (χ4v) is 5.16. The van der Waals surface area contributed by atoms with Crippen molar-refractivity contribution < 1.29 is 28.6 Å². The molecular weight excluding hydrogens is 550 g/mol. The van der Waals surface area contributed by atoms with E-state index < -0.39 is 17.8 Å². The quantitative estimate of drug-likeness (QED) is 0.126. The second-order valence-electron chi connectivity index (χ2n) is 10.2. The van der Waals surface area contributed by atoms with E-state index in [4.69, 9.17) is 9.15 Å². The van der Waals surface area contributed by atoms with Crippen molar-refractivity contribution in [3.63, 3.8) is 0 Å². The van der Waals surface area contributed by atoms with E-state index in [0.717, 1.165) is 35.7 Å². The van der Waals surface area contributed by atoms with E-state index in [1.165, 1.54) is 18.2 Å². The molecule has 0 bridgehead atoms. The highest BCUT2D eigenvalue weighted by Crippen LogP contribution is 2.31. The number of phenolic OH excluding ortho intramolecular Hbond substituents is 1. The van der Waals surface area contributed by atoms with Gasteiger partial charge in [-0.15, -0.1) is 0 Å². The molecule has 1 aliphatic heterocycles. The average molecular weight is 578 g/mol. The number of benzene rings is 3. The molecule has 0 atom stereocenters. The zero-order valence-electron chi connectivity index (χ0n) is 23.0. The minimum Gasteiger partial charge on any atom is -0.507 e. The van der Waals surface area contributed by atoms with E-state index in [9.17, 15) is 24.3 Å². The van der Waals surface area contributed by atoms with Crippen molar-refractivity contribution in [3.8, 4) is 22.8 Å². The van der Waals surface area contributed by atoms with Crippen LogP contribution in [0.25, 0.3) is 39.3 Å². The maximum atomic E-state index is 12.7. The zero-order chi connectivity index (χ0) is 29.9. The lowest BCUT2D eigenvalue weighted by molar-refractivity contribution is -0.123. The van der Waals surface area contributed by atoms with Crippen LogP contribution in [0, 0.1) is 0 Å². The summed E-state index contributed by atoms with van der Waals surface area (Å²) in [5, 5.41) is 15.7. The summed E-state index contributed by atoms with van der Waals surface area (Å²) in [5.74, 6) is -0.842. The van der Waals surface area contributed by atoms with Crippen LogP contribution in [0.5, 0.6) is 11.5 Å². The van der Waals surface area contributed by atoms with Crippen LogP contribution in [-0.2, 0) is 16.1 Å². The number of aromatic hydroxyl groups is 1. The number of para-hydroxylation sites is 1. The predicted octanol–water partition coefficient (Wildman–Crippen LogP) is 5.12. The predicted molar refractivity (Wildman–Crippen MR) is 161 cm³/mol. The molecule has 43 heavy (non-hydrogen) atoms. The van der Waals surface area contributed by atoms with Gasteiger partial charge in [0.25, 0.3) is 11.8 Å². The van der Waals surface area contributed by atoms with Crippen LogP contribution in [0.4, 0.5) is 4.79 Å². The molecule has 3 N–H and O–H groups in total. The smallest absolute Gasteiger partial charge is 0.328 e. The van der Waals surface area contributed by atoms with Gasteiger partial charge in [-0.05, 0) is 31.4 Å². The van der Waals surface area contributed by atoms with Crippen molar-refractivity contribution in [2.45, 2.75) is 25.8 Å². The van der Waals surface area contributed by atoms with Crippen molar-refractivity contribution >= 4 is 45.8 Å². The van der Waals surface area contributed by atoms with Crippen molar-refractivity contribution in [2.24, 2.45) is 0 Å². The molecule has 3 aromatic carbocycles. The Labute approximate surface area is 245 Å². The second kappa shape index (κ2) is 11.7. The summed E-state index contributed by atoms with van der Waals surface area (Å²) in [6, 6.07) is 20.5. The third-order valence-corrected chi connectivity index (χ3v) is 7.22. The molecule has 0 aliphatic carbocycles. The Kier molecular flexibility index (Phi) is 7.48. The molecule has 10 heteroatoms. The number of nitrogens with one attached hydrogen (secondary N) is 2. The summed E-state index contributed by atoms with van der Waals surface area (Å²) in [5.41, 5.74) is 2.21. The largest absolute Gasteiger partial charge is 0.507 e. The molecule has 1 fully saturated rings. The Balaban J connectivity index is 1.09. The molecule has 1 saturated heterocycles. The summed E-state index contributed by atoms with van der Waals surface area (Å²) in [6.45, 7) is 1.10. The fourth-order valence-electron chi connectivity index (χ4n) is 5.16. The lowest BCUT2D eigenvalue weighted by atomic mass is 10.1. The van der Waals surface area contributed by atoms with Gasteiger partial charge in [0.15, 0.2) is 5.43 Å². The number of carbonyl (C=O) groups excluding carboxylic acids is 3. The lowest BCUT2D eigenvalue weighted by Crippen LogP contribution is -2.51. The van der Waals surface area contributed by atoms with E-state index in [2.05, 4.69) is 15.2 Å². The number of unbranched alkanes of at least 4 members (excludes halogenated alkanes) is 2. The van der Waals surface area contributed by atoms with Crippen LogP contribution in [0.2, 0.25) is 0 Å². The number of aromatic nitrogens is 1. The summed E-state index contributed by atoms with van der Waals surface area (Å²) in [7, 11) is 0. The summed E-state index contributed by atoms with van der Waals surface area (Å²) >= 11 is 0. The van der Waals surface area contributed by atoms with E-state index in [-0.39, 0.29) is 27.7 Å². The Bertz CT molecular complexity index is 1950. The Morgan fingerprint density at radius 2 is 1.60 bits per heavy atom. The number of rotatable bonds is 9. The van der Waals surface area contributed by atoms with Gasteiger partial charge in [0.2, 0.25) is 0 Å². The first kappa shape index (κ1) is 27.5. The highest BCUT2D eigenvalue weighted by Gasteiger charge is 2.28. The van der Waals surface area contributed by atoms with Gasteiger partial charge in [-0.1, -0.05) is 48.5 Å². The summed E-state index contributed by atoms with van der Waals surface area (Å²) < 4.78 is 13.9. The number of carbonyl (C=O) groups is 3. The molecule has 6 rings (SSSR count).